The fraction of sp³-hybridized carbons (Fsp3) is 0.222. The molecule has 0 spiro atoms. The van der Waals surface area contributed by atoms with E-state index in [1.807, 2.05) is 0 Å². The first-order valence-corrected chi connectivity index (χ1v) is 4.10. The second-order valence-electron chi connectivity index (χ2n) is 2.92. The SMILES string of the molecule is COC(=O)[C@H](N)c1c(O)cc(F)c(F)c1F.Cl. The summed E-state index contributed by atoms with van der Waals surface area (Å²) in [5.41, 5.74) is 4.36. The second kappa shape index (κ2) is 5.74. The molecule has 0 fully saturated rings. The van der Waals surface area contributed by atoms with Crippen LogP contribution in [-0.2, 0) is 9.53 Å². The number of carbonyl (C=O) groups excluding carboxylic acids is 1. The summed E-state index contributed by atoms with van der Waals surface area (Å²) in [6, 6.07) is -1.39. The molecule has 0 heterocycles. The third kappa shape index (κ3) is 2.80. The van der Waals surface area contributed by atoms with Crippen molar-refractivity contribution in [2.24, 2.45) is 5.73 Å². The maximum absolute atomic E-state index is 13.2. The monoisotopic (exact) mass is 271 g/mol. The molecule has 96 valence electrons. The van der Waals surface area contributed by atoms with Gasteiger partial charge in [0.1, 0.15) is 11.8 Å². The largest absolute Gasteiger partial charge is 0.507 e. The van der Waals surface area contributed by atoms with Gasteiger partial charge in [-0.2, -0.15) is 0 Å². The third-order valence-electron chi connectivity index (χ3n) is 1.94. The van der Waals surface area contributed by atoms with E-state index in [2.05, 4.69) is 4.74 Å². The van der Waals surface area contributed by atoms with Crippen molar-refractivity contribution in [2.75, 3.05) is 7.11 Å². The number of ether oxygens (including phenoxy) is 1. The first-order valence-electron chi connectivity index (χ1n) is 4.10. The number of benzene rings is 1. The molecule has 1 aromatic carbocycles. The zero-order valence-corrected chi connectivity index (χ0v) is 9.35. The van der Waals surface area contributed by atoms with Gasteiger partial charge in [0.2, 0.25) is 0 Å². The van der Waals surface area contributed by atoms with Crippen LogP contribution in [0.15, 0.2) is 6.07 Å². The lowest BCUT2D eigenvalue weighted by Crippen LogP contribution is -2.24. The van der Waals surface area contributed by atoms with Gasteiger partial charge in [-0.3, -0.25) is 4.79 Å². The van der Waals surface area contributed by atoms with Crippen LogP contribution in [0.5, 0.6) is 5.75 Å². The van der Waals surface area contributed by atoms with Crippen LogP contribution < -0.4 is 5.73 Å². The summed E-state index contributed by atoms with van der Waals surface area (Å²) in [4.78, 5) is 11.0. The van der Waals surface area contributed by atoms with Crippen molar-refractivity contribution in [3.05, 3.63) is 29.1 Å². The molecule has 8 heteroatoms. The average molecular weight is 272 g/mol. The number of aromatic hydroxyl groups is 1. The Kier molecular flexibility index (Phi) is 5.24. The van der Waals surface area contributed by atoms with Gasteiger partial charge >= 0.3 is 5.97 Å². The molecule has 0 aromatic heterocycles. The minimum atomic E-state index is -1.81. The van der Waals surface area contributed by atoms with Crippen LogP contribution in [0.1, 0.15) is 11.6 Å². The molecule has 3 N–H and O–H groups in total. The van der Waals surface area contributed by atoms with E-state index < -0.39 is 40.8 Å². The van der Waals surface area contributed by atoms with Gasteiger partial charge in [0.05, 0.1) is 12.7 Å². The maximum atomic E-state index is 13.2. The molecule has 1 rings (SSSR count). The molecule has 0 saturated carbocycles. The smallest absolute Gasteiger partial charge is 0.327 e. The lowest BCUT2D eigenvalue weighted by atomic mass is 10.1. The van der Waals surface area contributed by atoms with Gasteiger partial charge < -0.3 is 15.6 Å². The van der Waals surface area contributed by atoms with Crippen LogP contribution in [0.25, 0.3) is 0 Å². The Morgan fingerprint density at radius 3 is 2.41 bits per heavy atom. The number of halogens is 4. The highest BCUT2D eigenvalue weighted by atomic mass is 35.5. The zero-order chi connectivity index (χ0) is 12.5. The van der Waals surface area contributed by atoms with Crippen LogP contribution in [0.3, 0.4) is 0 Å². The molecule has 0 saturated heterocycles. The van der Waals surface area contributed by atoms with Crippen molar-refractivity contribution in [3.8, 4) is 5.75 Å². The molecular weight excluding hydrogens is 263 g/mol. The number of phenolic OH excluding ortho intramolecular Hbond substituents is 1. The highest BCUT2D eigenvalue weighted by Gasteiger charge is 2.28. The summed E-state index contributed by atoms with van der Waals surface area (Å²) >= 11 is 0. The Labute approximate surface area is 101 Å². The molecule has 0 aliphatic heterocycles. The van der Waals surface area contributed by atoms with Gasteiger partial charge in [0.25, 0.3) is 0 Å². The Morgan fingerprint density at radius 1 is 1.41 bits per heavy atom. The van der Waals surface area contributed by atoms with Crippen molar-refractivity contribution in [1.82, 2.24) is 0 Å². The molecule has 0 unspecified atom stereocenters. The highest BCUT2D eigenvalue weighted by molar-refractivity contribution is 5.85. The van der Waals surface area contributed by atoms with E-state index in [0.717, 1.165) is 7.11 Å². The Morgan fingerprint density at radius 2 is 1.94 bits per heavy atom. The van der Waals surface area contributed by atoms with Crippen LogP contribution in [0.4, 0.5) is 13.2 Å². The number of rotatable bonds is 2. The molecule has 0 amide bonds. The third-order valence-corrected chi connectivity index (χ3v) is 1.94. The summed E-state index contributed by atoms with van der Waals surface area (Å²) in [5, 5.41) is 9.18. The van der Waals surface area contributed by atoms with Gasteiger partial charge in [0, 0.05) is 6.07 Å². The van der Waals surface area contributed by atoms with Crippen LogP contribution in [-0.4, -0.2) is 18.2 Å². The van der Waals surface area contributed by atoms with Gasteiger partial charge in [0.15, 0.2) is 17.5 Å². The summed E-state index contributed by atoms with van der Waals surface area (Å²) in [6.45, 7) is 0. The topological polar surface area (TPSA) is 72.5 Å². The molecule has 1 aromatic rings. The quantitative estimate of drug-likeness (QED) is 0.630. The number of esters is 1. The van der Waals surface area contributed by atoms with E-state index in [1.54, 1.807) is 0 Å². The van der Waals surface area contributed by atoms with Gasteiger partial charge in [-0.15, -0.1) is 12.4 Å². The number of hydrogen-bond donors (Lipinski definition) is 2. The second-order valence-corrected chi connectivity index (χ2v) is 2.92. The predicted octanol–water partition coefficient (Wildman–Crippen LogP) is 1.40. The van der Waals surface area contributed by atoms with E-state index in [4.69, 9.17) is 5.73 Å². The lowest BCUT2D eigenvalue weighted by molar-refractivity contribution is -0.142. The first kappa shape index (κ1) is 15.5. The predicted molar refractivity (Wildman–Crippen MR) is 54.2 cm³/mol. The summed E-state index contributed by atoms with van der Waals surface area (Å²) in [5.74, 6) is -7.13. The molecule has 17 heavy (non-hydrogen) atoms. The normalized spacial score (nSPS) is 11.6. The molecule has 0 radical (unpaired) electrons. The van der Waals surface area contributed by atoms with Gasteiger partial charge in [-0.05, 0) is 0 Å². The van der Waals surface area contributed by atoms with Crippen LogP contribution in [0, 0.1) is 17.5 Å². The fourth-order valence-corrected chi connectivity index (χ4v) is 1.14. The standard InChI is InChI=1S/C9H8F3NO3.ClH/c1-16-9(15)8(13)5-4(14)2-3(10)6(11)7(5)12;/h2,8,14H,13H2,1H3;1H/t8-;/m1./s1. The first-order chi connectivity index (χ1) is 7.40. The van der Waals surface area contributed by atoms with E-state index >= 15 is 0 Å². The Hall–Kier alpha value is -1.47. The van der Waals surface area contributed by atoms with E-state index in [1.165, 1.54) is 0 Å². The van der Waals surface area contributed by atoms with Crippen molar-refractivity contribution >= 4 is 18.4 Å². The molecule has 0 aliphatic rings. The van der Waals surface area contributed by atoms with E-state index in [0.29, 0.717) is 6.07 Å². The Balaban J connectivity index is 0.00000256. The van der Waals surface area contributed by atoms with Crippen molar-refractivity contribution in [2.45, 2.75) is 6.04 Å². The summed E-state index contributed by atoms with van der Waals surface area (Å²) < 4.78 is 42.9. The molecule has 1 atom stereocenters. The number of carbonyl (C=O) groups is 1. The Bertz CT molecular complexity index is 442. The highest BCUT2D eigenvalue weighted by Crippen LogP contribution is 2.29. The molecular formula is C9H9ClF3NO3. The summed E-state index contributed by atoms with van der Waals surface area (Å²) in [7, 11) is 0.983. The maximum Gasteiger partial charge on any atom is 0.327 e. The van der Waals surface area contributed by atoms with Crippen molar-refractivity contribution < 1.29 is 27.8 Å². The number of nitrogens with two attached hydrogens (primary N) is 1. The van der Waals surface area contributed by atoms with Crippen molar-refractivity contribution in [1.29, 1.82) is 0 Å². The van der Waals surface area contributed by atoms with Crippen molar-refractivity contribution in [3.63, 3.8) is 0 Å². The van der Waals surface area contributed by atoms with Gasteiger partial charge in [-0.25, -0.2) is 13.2 Å². The molecule has 0 bridgehead atoms. The number of phenols is 1. The molecule has 0 aliphatic carbocycles. The summed E-state index contributed by atoms with van der Waals surface area (Å²) in [6.07, 6.45) is 0. The minimum absolute atomic E-state index is 0. The minimum Gasteiger partial charge on any atom is -0.507 e. The fourth-order valence-electron chi connectivity index (χ4n) is 1.14. The molecule has 4 nitrogen and oxygen atoms in total. The number of hydrogen-bond acceptors (Lipinski definition) is 4. The van der Waals surface area contributed by atoms with E-state index in [9.17, 15) is 23.1 Å². The van der Waals surface area contributed by atoms with E-state index in [-0.39, 0.29) is 12.4 Å². The van der Waals surface area contributed by atoms with Gasteiger partial charge in [-0.1, -0.05) is 0 Å². The lowest BCUT2D eigenvalue weighted by Gasteiger charge is -2.12. The van der Waals surface area contributed by atoms with Crippen LogP contribution in [0.2, 0.25) is 0 Å². The number of methoxy groups -OCH3 is 1. The average Bonchev–Trinajstić information content (AvgIpc) is 2.24. The van der Waals surface area contributed by atoms with Crippen LogP contribution >= 0.6 is 12.4 Å². The zero-order valence-electron chi connectivity index (χ0n) is 8.54.